The van der Waals surface area contributed by atoms with E-state index in [2.05, 4.69) is 15.6 Å². The molecule has 0 atom stereocenters. The van der Waals surface area contributed by atoms with Gasteiger partial charge in [-0.15, -0.1) is 0 Å². The Bertz CT molecular complexity index is 624. The van der Waals surface area contributed by atoms with Crippen LogP contribution in [0.5, 0.6) is 0 Å². The summed E-state index contributed by atoms with van der Waals surface area (Å²) in [5.41, 5.74) is 1.18. The van der Waals surface area contributed by atoms with Crippen molar-refractivity contribution >= 4 is 5.91 Å². The monoisotopic (exact) mass is 290 g/mol. The summed E-state index contributed by atoms with van der Waals surface area (Å²) in [6.07, 6.45) is 3.75. The van der Waals surface area contributed by atoms with Crippen LogP contribution < -0.4 is 10.6 Å². The Hall–Kier alpha value is -2.21. The second-order valence-corrected chi connectivity index (χ2v) is 4.76. The van der Waals surface area contributed by atoms with Crippen LogP contribution in [0.2, 0.25) is 0 Å². The van der Waals surface area contributed by atoms with Crippen LogP contribution >= 0.6 is 0 Å². The Labute approximate surface area is 123 Å². The highest BCUT2D eigenvalue weighted by atomic mass is 19.1. The van der Waals surface area contributed by atoms with Gasteiger partial charge in [-0.25, -0.2) is 9.37 Å². The van der Waals surface area contributed by atoms with Crippen LogP contribution in [0, 0.1) is 12.7 Å². The van der Waals surface area contributed by atoms with Crippen molar-refractivity contribution in [3.05, 3.63) is 47.8 Å². The number of benzene rings is 1. The second kappa shape index (κ2) is 6.99. The van der Waals surface area contributed by atoms with Gasteiger partial charge in [0.15, 0.2) is 0 Å². The molecular weight excluding hydrogens is 271 g/mol. The fraction of sp³-hybridized carbons (Fsp3) is 0.333. The van der Waals surface area contributed by atoms with E-state index in [1.54, 1.807) is 36.1 Å². The quantitative estimate of drug-likeness (QED) is 0.848. The lowest BCUT2D eigenvalue weighted by Crippen LogP contribution is -2.26. The molecule has 2 aromatic rings. The van der Waals surface area contributed by atoms with Gasteiger partial charge in [-0.2, -0.15) is 0 Å². The fourth-order valence-electron chi connectivity index (χ4n) is 2.02. The summed E-state index contributed by atoms with van der Waals surface area (Å²) in [6, 6.07) is 4.93. The molecule has 21 heavy (non-hydrogen) atoms. The molecule has 5 nitrogen and oxygen atoms in total. The Morgan fingerprint density at radius 2 is 2.24 bits per heavy atom. The number of nitrogens with zero attached hydrogens (tertiary/aromatic N) is 2. The fourth-order valence-corrected chi connectivity index (χ4v) is 2.02. The molecular formula is C15H19FN4O. The van der Waals surface area contributed by atoms with Crippen molar-refractivity contribution in [2.45, 2.75) is 19.9 Å². The number of amides is 1. The number of carbonyl (C=O) groups excluding carboxylic acids is 1. The van der Waals surface area contributed by atoms with Gasteiger partial charge in [0, 0.05) is 31.9 Å². The number of nitrogens with one attached hydrogen (secondary N) is 2. The predicted molar refractivity (Wildman–Crippen MR) is 78.6 cm³/mol. The van der Waals surface area contributed by atoms with E-state index in [0.29, 0.717) is 25.2 Å². The normalized spacial score (nSPS) is 10.6. The van der Waals surface area contributed by atoms with E-state index in [9.17, 15) is 9.18 Å². The Morgan fingerprint density at radius 3 is 2.86 bits per heavy atom. The Kier molecular flexibility index (Phi) is 5.05. The molecule has 112 valence electrons. The average Bonchev–Trinajstić information content (AvgIpc) is 2.89. The molecule has 1 amide bonds. The van der Waals surface area contributed by atoms with Crippen LogP contribution in [0.3, 0.4) is 0 Å². The molecule has 0 unspecified atom stereocenters. The lowest BCUT2D eigenvalue weighted by atomic mass is 10.2. The first kappa shape index (κ1) is 15.2. The van der Waals surface area contributed by atoms with E-state index in [4.69, 9.17) is 0 Å². The van der Waals surface area contributed by atoms with E-state index in [1.165, 1.54) is 6.07 Å². The number of halogens is 1. The number of imidazole rings is 1. The molecule has 0 fully saturated rings. The van der Waals surface area contributed by atoms with Gasteiger partial charge in [0.2, 0.25) is 5.91 Å². The highest BCUT2D eigenvalue weighted by Gasteiger charge is 2.08. The molecule has 1 aromatic heterocycles. The minimum Gasteiger partial charge on any atom is -0.352 e. The van der Waals surface area contributed by atoms with E-state index in [0.717, 1.165) is 11.4 Å². The van der Waals surface area contributed by atoms with Crippen molar-refractivity contribution in [1.29, 1.82) is 0 Å². The lowest BCUT2D eigenvalue weighted by molar-refractivity contribution is -0.121. The minimum atomic E-state index is -0.335. The minimum absolute atomic E-state index is 0.0562. The highest BCUT2D eigenvalue weighted by molar-refractivity contribution is 5.76. The van der Waals surface area contributed by atoms with Crippen LogP contribution in [0.4, 0.5) is 4.39 Å². The first-order valence-electron chi connectivity index (χ1n) is 6.82. The summed E-state index contributed by atoms with van der Waals surface area (Å²) in [6.45, 7) is 2.76. The number of aromatic nitrogens is 2. The summed E-state index contributed by atoms with van der Waals surface area (Å²) >= 11 is 0. The maximum Gasteiger partial charge on any atom is 0.221 e. The standard InChI is InChI=1S/C15H19FN4O/c1-11-18-7-8-20(11)14-4-3-12(9-13(14)16)10-19-15(21)5-6-17-2/h3-4,7-9,17H,5-6,10H2,1-2H3,(H,19,21). The molecule has 2 N–H and O–H groups in total. The van der Waals surface area contributed by atoms with Gasteiger partial charge in [-0.05, 0) is 31.7 Å². The smallest absolute Gasteiger partial charge is 0.221 e. The van der Waals surface area contributed by atoms with Gasteiger partial charge in [0.1, 0.15) is 11.6 Å². The van der Waals surface area contributed by atoms with Gasteiger partial charge in [-0.3, -0.25) is 4.79 Å². The van der Waals surface area contributed by atoms with Gasteiger partial charge in [-0.1, -0.05) is 6.07 Å². The van der Waals surface area contributed by atoms with Crippen molar-refractivity contribution in [2.75, 3.05) is 13.6 Å². The molecule has 0 saturated carbocycles. The van der Waals surface area contributed by atoms with Gasteiger partial charge in [0.05, 0.1) is 5.69 Å². The van der Waals surface area contributed by atoms with E-state index in [-0.39, 0.29) is 11.7 Å². The Balaban J connectivity index is 2.03. The van der Waals surface area contributed by atoms with Crippen molar-refractivity contribution < 1.29 is 9.18 Å². The molecule has 0 radical (unpaired) electrons. The molecule has 2 rings (SSSR count). The van der Waals surface area contributed by atoms with Crippen LogP contribution in [0.15, 0.2) is 30.6 Å². The molecule has 6 heteroatoms. The molecule has 1 aromatic carbocycles. The zero-order valence-electron chi connectivity index (χ0n) is 12.2. The number of hydrogen-bond donors (Lipinski definition) is 2. The summed E-state index contributed by atoms with van der Waals surface area (Å²) in [7, 11) is 1.79. The summed E-state index contributed by atoms with van der Waals surface area (Å²) < 4.78 is 15.8. The molecule has 0 saturated heterocycles. The first-order chi connectivity index (χ1) is 10.1. The summed E-state index contributed by atoms with van der Waals surface area (Å²) in [4.78, 5) is 15.6. The van der Waals surface area contributed by atoms with Crippen molar-refractivity contribution in [3.63, 3.8) is 0 Å². The molecule has 0 aliphatic rings. The molecule has 0 aliphatic carbocycles. The third-order valence-electron chi connectivity index (χ3n) is 3.19. The van der Waals surface area contributed by atoms with E-state index < -0.39 is 0 Å². The number of rotatable bonds is 6. The van der Waals surface area contributed by atoms with Crippen molar-refractivity contribution in [2.24, 2.45) is 0 Å². The number of carbonyl (C=O) groups is 1. The number of hydrogen-bond acceptors (Lipinski definition) is 3. The largest absolute Gasteiger partial charge is 0.352 e. The second-order valence-electron chi connectivity index (χ2n) is 4.76. The van der Waals surface area contributed by atoms with Crippen LogP contribution in [-0.4, -0.2) is 29.1 Å². The number of aryl methyl sites for hydroxylation is 1. The van der Waals surface area contributed by atoms with Crippen LogP contribution in [-0.2, 0) is 11.3 Å². The molecule has 0 bridgehead atoms. The highest BCUT2D eigenvalue weighted by Crippen LogP contribution is 2.16. The van der Waals surface area contributed by atoms with Gasteiger partial charge < -0.3 is 15.2 Å². The topological polar surface area (TPSA) is 59.0 Å². The maximum absolute atomic E-state index is 14.1. The SMILES string of the molecule is CNCCC(=O)NCc1ccc(-n2ccnc2C)c(F)c1. The van der Waals surface area contributed by atoms with Crippen LogP contribution in [0.25, 0.3) is 5.69 Å². The average molecular weight is 290 g/mol. The first-order valence-corrected chi connectivity index (χ1v) is 6.82. The van der Waals surface area contributed by atoms with Crippen molar-refractivity contribution in [1.82, 2.24) is 20.2 Å². The zero-order chi connectivity index (χ0) is 15.2. The molecule has 0 aliphatic heterocycles. The molecule has 1 heterocycles. The van der Waals surface area contributed by atoms with Crippen LogP contribution in [0.1, 0.15) is 17.8 Å². The van der Waals surface area contributed by atoms with E-state index >= 15 is 0 Å². The zero-order valence-corrected chi connectivity index (χ0v) is 12.2. The van der Waals surface area contributed by atoms with Gasteiger partial charge in [0.25, 0.3) is 0 Å². The summed E-state index contributed by atoms with van der Waals surface area (Å²) in [5, 5.41) is 5.67. The lowest BCUT2D eigenvalue weighted by Gasteiger charge is -2.09. The Morgan fingerprint density at radius 1 is 1.43 bits per heavy atom. The van der Waals surface area contributed by atoms with Crippen molar-refractivity contribution in [3.8, 4) is 5.69 Å². The third kappa shape index (κ3) is 3.88. The van der Waals surface area contributed by atoms with E-state index in [1.807, 2.05) is 6.92 Å². The predicted octanol–water partition coefficient (Wildman–Crippen LogP) is 1.55. The van der Waals surface area contributed by atoms with Gasteiger partial charge >= 0.3 is 0 Å². The maximum atomic E-state index is 14.1. The third-order valence-corrected chi connectivity index (χ3v) is 3.19. The molecule has 0 spiro atoms. The summed E-state index contributed by atoms with van der Waals surface area (Å²) in [5.74, 6) is 0.333.